The third kappa shape index (κ3) is 2.30. The summed E-state index contributed by atoms with van der Waals surface area (Å²) in [5, 5.41) is 0.609. The second-order valence-corrected chi connectivity index (χ2v) is 8.22. The first-order valence-electron chi connectivity index (χ1n) is 6.59. The summed E-state index contributed by atoms with van der Waals surface area (Å²) in [5.74, 6) is 0. The molecule has 0 amide bonds. The van der Waals surface area contributed by atoms with Gasteiger partial charge in [-0.1, -0.05) is 0 Å². The van der Waals surface area contributed by atoms with Crippen molar-refractivity contribution < 1.29 is 8.42 Å². The Bertz CT molecular complexity index is 533. The molecule has 2 fully saturated rings. The van der Waals surface area contributed by atoms with Crippen molar-refractivity contribution in [2.75, 3.05) is 6.26 Å². The molecule has 2 unspecified atom stereocenters. The summed E-state index contributed by atoms with van der Waals surface area (Å²) in [5.41, 5.74) is 0. The van der Waals surface area contributed by atoms with Gasteiger partial charge in [-0.05, 0) is 44.1 Å². The molecule has 0 saturated carbocycles. The van der Waals surface area contributed by atoms with Crippen LogP contribution in [-0.2, 0) is 10.0 Å². The van der Waals surface area contributed by atoms with E-state index >= 15 is 0 Å². The highest BCUT2D eigenvalue weighted by Gasteiger charge is 2.46. The highest BCUT2D eigenvalue weighted by atomic mass is 32.2. The Kier molecular flexibility index (Phi) is 3.57. The summed E-state index contributed by atoms with van der Waals surface area (Å²) in [6.07, 6.45) is 9.15. The summed E-state index contributed by atoms with van der Waals surface area (Å²) in [4.78, 5) is 4.27. The molecule has 0 N–H and O–H groups in total. The van der Waals surface area contributed by atoms with Crippen LogP contribution in [0.25, 0.3) is 0 Å². The lowest BCUT2D eigenvalue weighted by Gasteiger charge is -2.37. The van der Waals surface area contributed by atoms with Gasteiger partial charge in [0.15, 0.2) is 0 Å². The van der Waals surface area contributed by atoms with E-state index in [2.05, 4.69) is 11.2 Å². The maximum absolute atomic E-state index is 12.7. The van der Waals surface area contributed by atoms with E-state index in [4.69, 9.17) is 0 Å². The van der Waals surface area contributed by atoms with E-state index in [0.29, 0.717) is 10.1 Å². The lowest BCUT2D eigenvalue weighted by Crippen LogP contribution is -2.47. The smallest absolute Gasteiger partial charge is 0.245 e. The van der Waals surface area contributed by atoms with Crippen molar-refractivity contribution in [3.05, 3.63) is 24.5 Å². The Hall–Kier alpha value is -0.590. The van der Waals surface area contributed by atoms with Gasteiger partial charge in [-0.3, -0.25) is 4.98 Å². The second-order valence-electron chi connectivity index (χ2n) is 5.24. The van der Waals surface area contributed by atoms with E-state index in [1.807, 2.05) is 11.8 Å². The van der Waals surface area contributed by atoms with Crippen LogP contribution in [0.4, 0.5) is 0 Å². The highest BCUT2D eigenvalue weighted by Crippen LogP contribution is 2.42. The van der Waals surface area contributed by atoms with Crippen LogP contribution in [0.5, 0.6) is 0 Å². The molecule has 0 aromatic carbocycles. The van der Waals surface area contributed by atoms with E-state index < -0.39 is 10.0 Å². The van der Waals surface area contributed by atoms with Crippen molar-refractivity contribution in [3.8, 4) is 0 Å². The average molecular weight is 298 g/mol. The predicted molar refractivity (Wildman–Crippen MR) is 76.6 cm³/mol. The van der Waals surface area contributed by atoms with E-state index in [9.17, 15) is 8.42 Å². The average Bonchev–Trinajstić information content (AvgIpc) is 2.72. The number of rotatable bonds is 3. The third-order valence-electron chi connectivity index (χ3n) is 4.17. The summed E-state index contributed by atoms with van der Waals surface area (Å²) in [6.45, 7) is 0. The maximum atomic E-state index is 12.7. The molecule has 0 spiro atoms. The summed E-state index contributed by atoms with van der Waals surface area (Å²) in [6, 6.07) is 3.69. The van der Waals surface area contributed by atoms with Gasteiger partial charge < -0.3 is 0 Å². The van der Waals surface area contributed by atoms with Gasteiger partial charge in [-0.15, -0.1) is 0 Å². The lowest BCUT2D eigenvalue weighted by molar-refractivity contribution is 0.253. The van der Waals surface area contributed by atoms with Crippen molar-refractivity contribution in [1.82, 2.24) is 9.29 Å². The molecule has 3 rings (SSSR count). The molecule has 2 aliphatic rings. The molecule has 6 heteroatoms. The minimum absolute atomic E-state index is 0.182. The van der Waals surface area contributed by atoms with E-state index in [1.165, 1.54) is 6.20 Å². The Morgan fingerprint density at radius 1 is 1.32 bits per heavy atom. The van der Waals surface area contributed by atoms with Crippen LogP contribution < -0.4 is 0 Å². The molecule has 0 aliphatic carbocycles. The zero-order valence-corrected chi connectivity index (χ0v) is 12.5. The van der Waals surface area contributed by atoms with Gasteiger partial charge in [0.2, 0.25) is 10.0 Å². The molecular weight excluding hydrogens is 280 g/mol. The van der Waals surface area contributed by atoms with E-state index in [1.54, 1.807) is 22.6 Å². The molecule has 0 radical (unpaired) electrons. The normalized spacial score (nSPS) is 31.5. The molecule has 2 saturated heterocycles. The van der Waals surface area contributed by atoms with Crippen molar-refractivity contribution in [1.29, 1.82) is 0 Å². The van der Waals surface area contributed by atoms with Crippen molar-refractivity contribution in [3.63, 3.8) is 0 Å². The van der Waals surface area contributed by atoms with Crippen LogP contribution in [0.15, 0.2) is 29.4 Å². The summed E-state index contributed by atoms with van der Waals surface area (Å²) in [7, 11) is -3.37. The molecule has 104 valence electrons. The van der Waals surface area contributed by atoms with Crippen LogP contribution in [0.1, 0.15) is 25.7 Å². The third-order valence-corrected chi connectivity index (χ3v) is 7.21. The quantitative estimate of drug-likeness (QED) is 0.858. The number of nitrogens with zero attached hydrogens (tertiary/aromatic N) is 2. The largest absolute Gasteiger partial charge is 0.263 e. The van der Waals surface area contributed by atoms with Gasteiger partial charge in [0.1, 0.15) is 4.90 Å². The molecule has 1 aromatic rings. The number of hydrogen-bond donors (Lipinski definition) is 0. The molecule has 19 heavy (non-hydrogen) atoms. The van der Waals surface area contributed by atoms with Crippen LogP contribution in [-0.4, -0.2) is 41.3 Å². The summed E-state index contributed by atoms with van der Waals surface area (Å²) >= 11 is 1.87. The van der Waals surface area contributed by atoms with Crippen LogP contribution in [0, 0.1) is 0 Å². The fourth-order valence-electron chi connectivity index (χ4n) is 3.29. The Morgan fingerprint density at radius 3 is 2.53 bits per heavy atom. The molecule has 2 bridgehead atoms. The van der Waals surface area contributed by atoms with Crippen LogP contribution >= 0.6 is 11.8 Å². The van der Waals surface area contributed by atoms with Crippen molar-refractivity contribution in [2.45, 2.75) is 47.9 Å². The molecule has 1 aromatic heterocycles. The van der Waals surface area contributed by atoms with Gasteiger partial charge >= 0.3 is 0 Å². The molecule has 2 aliphatic heterocycles. The number of pyridine rings is 1. The monoisotopic (exact) mass is 298 g/mol. The van der Waals surface area contributed by atoms with Gasteiger partial charge in [0.05, 0.1) is 0 Å². The van der Waals surface area contributed by atoms with Gasteiger partial charge in [0, 0.05) is 29.7 Å². The highest BCUT2D eigenvalue weighted by molar-refractivity contribution is 7.99. The number of sulfonamides is 1. The molecule has 3 heterocycles. The standard InChI is InChI=1S/C13H18N2O2S2/c1-18-12-7-10-4-5-11(8-12)15(10)19(16,17)13-3-2-6-14-9-13/h2-3,6,9-12H,4-5,7-8H2,1H3. The number of aromatic nitrogens is 1. The molecule has 4 nitrogen and oxygen atoms in total. The van der Waals surface area contributed by atoms with Crippen LogP contribution in [0.2, 0.25) is 0 Å². The fraction of sp³-hybridized carbons (Fsp3) is 0.615. The number of piperidine rings is 1. The first-order chi connectivity index (χ1) is 9.13. The van der Waals surface area contributed by atoms with Gasteiger partial charge in [-0.25, -0.2) is 8.42 Å². The maximum Gasteiger partial charge on any atom is 0.245 e. The van der Waals surface area contributed by atoms with Gasteiger partial charge in [0.25, 0.3) is 0 Å². The van der Waals surface area contributed by atoms with E-state index in [0.717, 1.165) is 25.7 Å². The molecule has 2 atom stereocenters. The minimum Gasteiger partial charge on any atom is -0.263 e. The fourth-order valence-corrected chi connectivity index (χ4v) is 5.98. The van der Waals surface area contributed by atoms with Crippen LogP contribution in [0.3, 0.4) is 0 Å². The van der Waals surface area contributed by atoms with Crippen molar-refractivity contribution in [2.24, 2.45) is 0 Å². The topological polar surface area (TPSA) is 50.3 Å². The predicted octanol–water partition coefficient (Wildman–Crippen LogP) is 2.13. The first kappa shape index (κ1) is 13.4. The lowest BCUT2D eigenvalue weighted by atomic mass is 10.1. The Morgan fingerprint density at radius 2 is 2.00 bits per heavy atom. The van der Waals surface area contributed by atoms with E-state index in [-0.39, 0.29) is 12.1 Å². The van der Waals surface area contributed by atoms with Crippen molar-refractivity contribution >= 4 is 21.8 Å². The SMILES string of the molecule is CSC1CC2CCC(C1)N2S(=O)(=O)c1cccnc1. The Labute approximate surface area is 118 Å². The second kappa shape index (κ2) is 5.07. The number of fused-ring (bicyclic) bond motifs is 2. The minimum atomic E-state index is -3.37. The zero-order valence-electron chi connectivity index (χ0n) is 10.9. The number of thioether (sulfide) groups is 1. The first-order valence-corrected chi connectivity index (χ1v) is 9.32. The van der Waals surface area contributed by atoms with Gasteiger partial charge in [-0.2, -0.15) is 16.1 Å². The Balaban J connectivity index is 1.92. The zero-order chi connectivity index (χ0) is 13.5. The number of hydrogen-bond acceptors (Lipinski definition) is 4. The summed E-state index contributed by atoms with van der Waals surface area (Å²) < 4.78 is 27.2. The molecular formula is C13H18N2O2S2.